The fourth-order valence-electron chi connectivity index (χ4n) is 6.39. The first-order valence-electron chi connectivity index (χ1n) is 22.8. The number of nitrogens with two attached hydrogens (primary N) is 1. The molecular formula is C52H57Cl2N11O10S2. The van der Waals surface area contributed by atoms with Gasteiger partial charge in [0.2, 0.25) is 31.6 Å². The number of aromatic nitrogens is 8. The molecule has 406 valence electrons. The highest BCUT2D eigenvalue weighted by molar-refractivity contribution is 7.94. The number of hydrogen-bond donors (Lipinski definition) is 3. The molecule has 4 aromatic carbocycles. The Kier molecular flexibility index (Phi) is 20.7. The first-order valence-corrected chi connectivity index (χ1v) is 26.5. The second kappa shape index (κ2) is 26.4. The monoisotopic (exact) mass is 1130 g/mol. The molecule has 77 heavy (non-hydrogen) atoms. The summed E-state index contributed by atoms with van der Waals surface area (Å²) in [6.07, 6.45) is 6.13. The lowest BCUT2D eigenvalue weighted by Gasteiger charge is -2.24. The van der Waals surface area contributed by atoms with Gasteiger partial charge in [-0.2, -0.15) is 0 Å². The number of nitrogens with zero attached hydrogens (tertiary/aromatic N) is 9. The number of rotatable bonds is 15. The van der Waals surface area contributed by atoms with Crippen LogP contribution >= 0.6 is 23.2 Å². The summed E-state index contributed by atoms with van der Waals surface area (Å²) < 4.78 is 80.8. The van der Waals surface area contributed by atoms with Crippen molar-refractivity contribution >= 4 is 49.1 Å². The Labute approximate surface area is 456 Å². The van der Waals surface area contributed by atoms with Crippen LogP contribution in [0.5, 0.6) is 40.4 Å². The van der Waals surface area contributed by atoms with Gasteiger partial charge in [0.15, 0.2) is 50.7 Å². The fraction of sp³-hybridized carbons (Fsp3) is 0.231. The van der Waals surface area contributed by atoms with E-state index in [1.54, 1.807) is 91.3 Å². The molecule has 25 heteroatoms. The molecule has 0 fully saturated rings. The van der Waals surface area contributed by atoms with Crippen LogP contribution < -0.4 is 35.0 Å². The van der Waals surface area contributed by atoms with Crippen LogP contribution in [0.1, 0.15) is 52.7 Å². The zero-order valence-corrected chi connectivity index (χ0v) is 46.6. The zero-order chi connectivity index (χ0) is 55.3. The molecule has 0 saturated carbocycles. The molecule has 8 aromatic rings. The summed E-state index contributed by atoms with van der Waals surface area (Å²) in [7, 11) is -4.82. The van der Waals surface area contributed by atoms with E-state index in [-0.39, 0.29) is 96.7 Å². The third-order valence-corrected chi connectivity index (χ3v) is 13.0. The SMILES string of the molecule is CC(C)(C)c1ccc(S(N)(=O)=O)cc1.COc1ccccc1Oc1c(Cl)nc(-c2ncccn2)nc1Cl.COc1ccccc1Oc1c([N-]S(=O)(=O)c2ccc(C(C)(C)C)cc2)nc(-c2ncccn2)nc1OCCO.[NH4+]. The molecular weight excluding hydrogens is 1070 g/mol. The Hall–Kier alpha value is -7.64. The first-order chi connectivity index (χ1) is 36.0. The van der Waals surface area contributed by atoms with Crippen molar-refractivity contribution in [2.75, 3.05) is 27.4 Å². The Morgan fingerprint density at radius 1 is 0.545 bits per heavy atom. The van der Waals surface area contributed by atoms with E-state index in [2.05, 4.69) is 65.4 Å². The molecule has 7 N–H and O–H groups in total. The second-order valence-corrected chi connectivity index (χ2v) is 21.7. The predicted octanol–water partition coefficient (Wildman–Crippen LogP) is 10.8. The van der Waals surface area contributed by atoms with E-state index in [0.717, 1.165) is 11.1 Å². The number of methoxy groups -OCH3 is 2. The summed E-state index contributed by atoms with van der Waals surface area (Å²) in [6, 6.07) is 30.3. The van der Waals surface area contributed by atoms with Gasteiger partial charge < -0.3 is 44.6 Å². The standard InChI is InChI=1S/C27H28N5O6S.C15H10Cl2N4O2.C10H15NO2S.H3N/c1-27(2,3)18-10-12-19(13-11-18)39(34,35)32-23-22(38-21-9-6-5-8-20(21)36-4)26(37-17-16-33)31-25(30-23)24-28-14-7-15-29-24;1-22-9-5-2-3-6-10(9)23-11-12(16)20-15(21-13(11)17)14-18-7-4-8-19-14;1-10(2,3)8-4-6-9(7-5-8)14(11,12)13;/h5-15,33H,16-17H2,1-4H3;2-8H,1H3;4-7H,1-3H3,(H2,11,12,13);1H3/q-1;;;/p+1. The Morgan fingerprint density at radius 2 is 0.948 bits per heavy atom. The largest absolute Gasteiger partial charge is 0.493 e. The van der Waals surface area contributed by atoms with Gasteiger partial charge in [0.05, 0.1) is 30.6 Å². The number of aliphatic hydroxyl groups excluding tert-OH is 1. The minimum absolute atomic E-state index is 0. The Morgan fingerprint density at radius 3 is 1.35 bits per heavy atom. The third kappa shape index (κ3) is 16.4. The molecule has 0 saturated heterocycles. The quantitative estimate of drug-likeness (QED) is 0.0803. The molecule has 0 radical (unpaired) electrons. The van der Waals surface area contributed by atoms with Crippen LogP contribution in [0.25, 0.3) is 28.0 Å². The van der Waals surface area contributed by atoms with E-state index in [1.807, 2.05) is 26.8 Å². The van der Waals surface area contributed by atoms with Gasteiger partial charge in [0.1, 0.15) is 12.4 Å². The van der Waals surface area contributed by atoms with E-state index >= 15 is 0 Å². The lowest BCUT2D eigenvalue weighted by molar-refractivity contribution is 0.192. The number of quaternary nitrogens is 1. The fourth-order valence-corrected chi connectivity index (χ4v) is 8.30. The van der Waals surface area contributed by atoms with Crippen LogP contribution in [-0.2, 0) is 30.9 Å². The van der Waals surface area contributed by atoms with Gasteiger partial charge in [0.25, 0.3) is 5.88 Å². The summed E-state index contributed by atoms with van der Waals surface area (Å²) in [5.41, 5.74) is 1.92. The summed E-state index contributed by atoms with van der Waals surface area (Å²) >= 11 is 12.3. The number of halogens is 2. The molecule has 0 unspecified atom stereocenters. The lowest BCUT2D eigenvalue weighted by atomic mass is 9.87. The van der Waals surface area contributed by atoms with E-state index in [1.165, 1.54) is 50.9 Å². The smallest absolute Gasteiger partial charge is 0.257 e. The van der Waals surface area contributed by atoms with Crippen LogP contribution in [-0.4, -0.2) is 89.2 Å². The topological polar surface area (TPSA) is 314 Å². The summed E-state index contributed by atoms with van der Waals surface area (Å²) in [5.74, 6) is 1.63. The minimum atomic E-state index is -4.26. The van der Waals surface area contributed by atoms with Crippen LogP contribution in [0, 0.1) is 0 Å². The molecule has 0 aliphatic carbocycles. The van der Waals surface area contributed by atoms with E-state index < -0.39 is 20.0 Å². The number of para-hydroxylation sites is 4. The van der Waals surface area contributed by atoms with Crippen LogP contribution in [0.3, 0.4) is 0 Å². The summed E-state index contributed by atoms with van der Waals surface area (Å²) in [5, 5.41) is 14.5. The maximum atomic E-state index is 13.4. The number of sulfonamides is 2. The highest BCUT2D eigenvalue weighted by atomic mass is 35.5. The van der Waals surface area contributed by atoms with Crippen molar-refractivity contribution in [3.8, 4) is 63.7 Å². The zero-order valence-electron chi connectivity index (χ0n) is 43.4. The van der Waals surface area contributed by atoms with Gasteiger partial charge in [-0.15, -0.1) is 0 Å². The van der Waals surface area contributed by atoms with Crippen LogP contribution in [0.15, 0.2) is 144 Å². The normalized spacial score (nSPS) is 11.3. The highest BCUT2D eigenvalue weighted by Crippen LogP contribution is 2.45. The van der Waals surface area contributed by atoms with E-state index in [9.17, 15) is 21.9 Å². The molecule has 8 rings (SSSR count). The van der Waals surface area contributed by atoms with Crippen molar-refractivity contribution in [3.63, 3.8) is 0 Å². The molecule has 0 amide bonds. The predicted molar refractivity (Wildman–Crippen MR) is 293 cm³/mol. The number of primary sulfonamides is 1. The van der Waals surface area contributed by atoms with Crippen molar-refractivity contribution < 1.29 is 45.6 Å². The van der Waals surface area contributed by atoms with E-state index in [0.29, 0.717) is 23.1 Å². The molecule has 21 nitrogen and oxygen atoms in total. The van der Waals surface area contributed by atoms with Gasteiger partial charge in [-0.25, -0.2) is 56.9 Å². The average molecular weight is 1130 g/mol. The maximum absolute atomic E-state index is 13.4. The average Bonchev–Trinajstić information content (AvgIpc) is 3.40. The van der Waals surface area contributed by atoms with Gasteiger partial charge in [-0.3, -0.25) is 0 Å². The molecule has 0 aliphatic heterocycles. The van der Waals surface area contributed by atoms with Crippen LogP contribution in [0.2, 0.25) is 10.3 Å². The van der Waals surface area contributed by atoms with Crippen molar-refractivity contribution in [3.05, 3.63) is 160 Å². The van der Waals surface area contributed by atoms with E-state index in [4.69, 9.17) is 52.0 Å². The third-order valence-electron chi connectivity index (χ3n) is 10.3. The summed E-state index contributed by atoms with van der Waals surface area (Å²) in [6.45, 7) is 11.8. The number of hydrogen-bond acceptors (Lipinski definition) is 18. The van der Waals surface area contributed by atoms with Gasteiger partial charge >= 0.3 is 0 Å². The molecule has 0 spiro atoms. The van der Waals surface area contributed by atoms with Crippen molar-refractivity contribution in [1.29, 1.82) is 0 Å². The van der Waals surface area contributed by atoms with Crippen LogP contribution in [0.4, 0.5) is 5.82 Å². The van der Waals surface area contributed by atoms with Crippen molar-refractivity contribution in [1.82, 2.24) is 46.0 Å². The molecule has 0 aliphatic rings. The molecule has 4 heterocycles. The lowest BCUT2D eigenvalue weighted by Crippen LogP contribution is -2.14. The maximum Gasteiger partial charge on any atom is 0.257 e. The number of ether oxygens (including phenoxy) is 5. The van der Waals surface area contributed by atoms with Gasteiger partial charge in [-0.05, 0) is 82.6 Å². The van der Waals surface area contributed by atoms with Crippen molar-refractivity contribution in [2.45, 2.75) is 62.2 Å². The van der Waals surface area contributed by atoms with Gasteiger partial charge in [0, 0.05) is 30.6 Å². The summed E-state index contributed by atoms with van der Waals surface area (Å²) in [4.78, 5) is 33.5. The minimum Gasteiger partial charge on any atom is -0.493 e. The molecule has 4 aromatic heterocycles. The highest BCUT2D eigenvalue weighted by Gasteiger charge is 2.22. The Bertz CT molecular complexity index is 3430. The van der Waals surface area contributed by atoms with Crippen molar-refractivity contribution in [2.24, 2.45) is 5.14 Å². The molecule has 0 bridgehead atoms. The second-order valence-electron chi connectivity index (χ2n) is 17.8. The number of aliphatic hydroxyl groups is 1. The number of benzene rings is 4. The van der Waals surface area contributed by atoms with Gasteiger partial charge in [-0.1, -0.05) is 113 Å². The first kappa shape index (κ1) is 60.2. The Balaban J connectivity index is 0.000000242. The molecule has 0 atom stereocenters.